The summed E-state index contributed by atoms with van der Waals surface area (Å²) in [5.41, 5.74) is 4.80. The molecule has 1 heterocycles. The van der Waals surface area contributed by atoms with Crippen LogP contribution in [-0.4, -0.2) is 49.7 Å². The number of sulfonamides is 1. The third-order valence-electron chi connectivity index (χ3n) is 7.54. The van der Waals surface area contributed by atoms with E-state index in [0.717, 1.165) is 44.5 Å². The molecule has 1 amide bonds. The minimum atomic E-state index is -3.52. The molecule has 2 aliphatic rings. The van der Waals surface area contributed by atoms with Crippen LogP contribution in [0.5, 0.6) is 0 Å². The number of benzene rings is 2. The van der Waals surface area contributed by atoms with Gasteiger partial charge in [-0.3, -0.25) is 9.69 Å². The van der Waals surface area contributed by atoms with Crippen molar-refractivity contribution in [3.05, 3.63) is 64.7 Å². The summed E-state index contributed by atoms with van der Waals surface area (Å²) < 4.78 is 28.0. The van der Waals surface area contributed by atoms with Crippen molar-refractivity contribution in [3.63, 3.8) is 0 Å². The third-order valence-corrected chi connectivity index (χ3v) is 9.44. The highest BCUT2D eigenvalue weighted by molar-refractivity contribution is 7.89. The van der Waals surface area contributed by atoms with Gasteiger partial charge in [0.15, 0.2) is 0 Å². The Kier molecular flexibility index (Phi) is 8.63. The summed E-state index contributed by atoms with van der Waals surface area (Å²) in [5.74, 6) is -0.131. The molecule has 0 spiro atoms. The first-order valence-electron chi connectivity index (χ1n) is 13.1. The van der Waals surface area contributed by atoms with Crippen molar-refractivity contribution >= 4 is 15.9 Å². The number of aryl methyl sites for hydroxylation is 2. The molecule has 35 heavy (non-hydrogen) atoms. The maximum absolute atomic E-state index is 13.2. The van der Waals surface area contributed by atoms with Gasteiger partial charge in [0.25, 0.3) is 0 Å². The van der Waals surface area contributed by atoms with Gasteiger partial charge >= 0.3 is 0 Å². The molecule has 0 unspecified atom stereocenters. The van der Waals surface area contributed by atoms with Crippen molar-refractivity contribution in [2.75, 3.05) is 26.2 Å². The third kappa shape index (κ3) is 6.32. The Morgan fingerprint density at radius 1 is 0.971 bits per heavy atom. The van der Waals surface area contributed by atoms with Crippen LogP contribution in [0.25, 0.3) is 0 Å². The molecule has 2 aromatic rings. The number of hydrogen-bond acceptors (Lipinski definition) is 4. The van der Waals surface area contributed by atoms with Gasteiger partial charge in [-0.05, 0) is 86.0 Å². The second-order valence-corrected chi connectivity index (χ2v) is 11.8. The first kappa shape index (κ1) is 25.9. The number of piperidine rings is 1. The van der Waals surface area contributed by atoms with E-state index in [0.29, 0.717) is 37.4 Å². The molecule has 6 nitrogen and oxygen atoms in total. The number of nitrogens with zero attached hydrogens (tertiary/aromatic N) is 2. The summed E-state index contributed by atoms with van der Waals surface area (Å²) >= 11 is 0. The summed E-state index contributed by atoms with van der Waals surface area (Å²) in [5, 5.41) is 3.08. The average molecular weight is 498 g/mol. The lowest BCUT2D eigenvalue weighted by atomic mass is 9.92. The second-order valence-electron chi connectivity index (χ2n) is 9.82. The van der Waals surface area contributed by atoms with E-state index in [9.17, 15) is 13.2 Å². The Hall–Kier alpha value is -2.22. The quantitative estimate of drug-likeness (QED) is 0.566. The largest absolute Gasteiger partial charge is 0.352 e. The fourth-order valence-electron chi connectivity index (χ4n) is 5.25. The Labute approximate surface area is 210 Å². The van der Waals surface area contributed by atoms with Crippen molar-refractivity contribution in [1.82, 2.24) is 14.5 Å². The van der Waals surface area contributed by atoms with Gasteiger partial charge in [-0.2, -0.15) is 4.31 Å². The molecule has 0 radical (unpaired) electrons. The van der Waals surface area contributed by atoms with Crippen LogP contribution in [0, 0.1) is 5.92 Å². The number of nitrogens with one attached hydrogen (secondary N) is 1. The monoisotopic (exact) mass is 497 g/mol. The lowest BCUT2D eigenvalue weighted by Gasteiger charge is -2.31. The summed E-state index contributed by atoms with van der Waals surface area (Å²) in [6.07, 6.45) is 5.40. The zero-order chi connectivity index (χ0) is 24.8. The van der Waals surface area contributed by atoms with Crippen LogP contribution in [0.2, 0.25) is 0 Å². The standard InChI is InChI=1S/C28H39N3O3S/c1-3-30(4-2)21-23-9-7-8-22(18-23)20-29-28(32)25-14-16-31(17-15-25)35(33,34)27-13-12-24-10-5-6-11-26(24)19-27/h7-9,12-13,18-19,25H,3-6,10-11,14-17,20-21H2,1-2H3,(H,29,32). The Balaban J connectivity index is 1.30. The number of fused-ring (bicyclic) bond motifs is 1. The van der Waals surface area contributed by atoms with E-state index < -0.39 is 10.0 Å². The molecule has 0 atom stereocenters. The Morgan fingerprint density at radius 2 is 1.66 bits per heavy atom. The van der Waals surface area contributed by atoms with Crippen LogP contribution >= 0.6 is 0 Å². The number of carbonyl (C=O) groups is 1. The zero-order valence-electron chi connectivity index (χ0n) is 21.1. The molecule has 0 bridgehead atoms. The maximum Gasteiger partial charge on any atom is 0.243 e. The molecule has 4 rings (SSSR count). The van der Waals surface area contributed by atoms with Crippen LogP contribution in [0.3, 0.4) is 0 Å². The molecule has 7 heteroatoms. The predicted octanol–water partition coefficient (Wildman–Crippen LogP) is 4.12. The van der Waals surface area contributed by atoms with Gasteiger partial charge in [0.2, 0.25) is 15.9 Å². The van der Waals surface area contributed by atoms with Crippen LogP contribution < -0.4 is 5.32 Å². The second kappa shape index (κ2) is 11.7. The van der Waals surface area contributed by atoms with E-state index in [1.807, 2.05) is 24.3 Å². The van der Waals surface area contributed by atoms with Crippen molar-refractivity contribution < 1.29 is 13.2 Å². The molecule has 0 aromatic heterocycles. The maximum atomic E-state index is 13.2. The highest BCUT2D eigenvalue weighted by atomic mass is 32.2. The number of rotatable bonds is 9. The van der Waals surface area contributed by atoms with Gasteiger partial charge in [-0.1, -0.05) is 44.2 Å². The summed E-state index contributed by atoms with van der Waals surface area (Å²) in [4.78, 5) is 15.6. The van der Waals surface area contributed by atoms with E-state index in [2.05, 4.69) is 36.2 Å². The van der Waals surface area contributed by atoms with Gasteiger partial charge in [-0.25, -0.2) is 8.42 Å². The molecule has 1 aliphatic heterocycles. The highest BCUT2D eigenvalue weighted by Crippen LogP contribution is 2.28. The Morgan fingerprint density at radius 3 is 2.37 bits per heavy atom. The number of carbonyl (C=O) groups excluding carboxylic acids is 1. The molecule has 1 saturated heterocycles. The van der Waals surface area contributed by atoms with E-state index >= 15 is 0 Å². The first-order chi connectivity index (χ1) is 16.9. The van der Waals surface area contributed by atoms with Gasteiger partial charge in [0.1, 0.15) is 0 Å². The average Bonchev–Trinajstić information content (AvgIpc) is 2.90. The van der Waals surface area contributed by atoms with Gasteiger partial charge in [-0.15, -0.1) is 0 Å². The minimum absolute atomic E-state index is 0.0185. The predicted molar refractivity (Wildman–Crippen MR) is 139 cm³/mol. The van der Waals surface area contributed by atoms with E-state index in [4.69, 9.17) is 0 Å². The first-order valence-corrected chi connectivity index (χ1v) is 14.5. The highest BCUT2D eigenvalue weighted by Gasteiger charge is 2.32. The molecule has 0 saturated carbocycles. The van der Waals surface area contributed by atoms with E-state index in [1.165, 1.54) is 23.1 Å². The van der Waals surface area contributed by atoms with Gasteiger partial charge in [0, 0.05) is 32.1 Å². The van der Waals surface area contributed by atoms with E-state index in [-0.39, 0.29) is 11.8 Å². The molecule has 190 valence electrons. The molecule has 1 aliphatic carbocycles. The van der Waals surface area contributed by atoms with Crippen LogP contribution in [-0.2, 0) is 40.7 Å². The summed E-state index contributed by atoms with van der Waals surface area (Å²) in [6.45, 7) is 8.53. The summed E-state index contributed by atoms with van der Waals surface area (Å²) in [7, 11) is -3.52. The number of hydrogen-bond donors (Lipinski definition) is 1. The van der Waals surface area contributed by atoms with Gasteiger partial charge in [0.05, 0.1) is 4.90 Å². The zero-order valence-corrected chi connectivity index (χ0v) is 21.9. The Bertz CT molecular complexity index is 1120. The minimum Gasteiger partial charge on any atom is -0.352 e. The molecule has 2 aromatic carbocycles. The van der Waals surface area contributed by atoms with Crippen molar-refractivity contribution in [2.24, 2.45) is 5.92 Å². The lowest BCUT2D eigenvalue weighted by Crippen LogP contribution is -2.42. The topological polar surface area (TPSA) is 69.7 Å². The van der Waals surface area contributed by atoms with Gasteiger partial charge < -0.3 is 5.32 Å². The molecular weight excluding hydrogens is 458 g/mol. The van der Waals surface area contributed by atoms with Crippen LogP contribution in [0.1, 0.15) is 61.8 Å². The number of amides is 1. The van der Waals surface area contributed by atoms with Crippen molar-refractivity contribution in [3.8, 4) is 0 Å². The lowest BCUT2D eigenvalue weighted by molar-refractivity contribution is -0.126. The van der Waals surface area contributed by atoms with E-state index in [1.54, 1.807) is 10.4 Å². The summed E-state index contributed by atoms with van der Waals surface area (Å²) in [6, 6.07) is 14.0. The molecular formula is C28H39N3O3S. The fraction of sp³-hybridized carbons (Fsp3) is 0.536. The molecule has 1 fully saturated rings. The van der Waals surface area contributed by atoms with Crippen LogP contribution in [0.15, 0.2) is 47.4 Å². The normalized spacial score (nSPS) is 17.3. The van der Waals surface area contributed by atoms with Crippen molar-refractivity contribution in [2.45, 2.75) is 70.4 Å². The SMILES string of the molecule is CCN(CC)Cc1cccc(CNC(=O)C2CCN(S(=O)(=O)c3ccc4c(c3)CCCC4)CC2)c1. The van der Waals surface area contributed by atoms with Crippen LogP contribution in [0.4, 0.5) is 0 Å². The van der Waals surface area contributed by atoms with Crippen molar-refractivity contribution in [1.29, 1.82) is 0 Å². The smallest absolute Gasteiger partial charge is 0.243 e. The molecule has 1 N–H and O–H groups in total. The fourth-order valence-corrected chi connectivity index (χ4v) is 6.78.